The molecule has 3 aromatic rings. The summed E-state index contributed by atoms with van der Waals surface area (Å²) in [5.74, 6) is -0.568. The second-order valence-corrected chi connectivity index (χ2v) is 6.80. The molecule has 0 atom stereocenters. The fraction of sp³-hybridized carbons (Fsp3) is 0.125. The Kier molecular flexibility index (Phi) is 7.37. The Balaban J connectivity index is 1.46. The number of hydrogen-bond donors (Lipinski definition) is 4. The number of nitrogens with one attached hydrogen (secondary N) is 4. The standard InChI is InChI=1S/C24H24N4O3/c1-25-23(30)18-7-11-20(12-8-18)26-16-22(29)28-21-13-9-19(10-14-21)24(31)27-15-17-5-3-2-4-6-17/h2-14,26H,15-16H2,1H3,(H,25,30)(H,27,31)(H,28,29). The predicted octanol–water partition coefficient (Wildman–Crippen LogP) is 3.03. The monoisotopic (exact) mass is 416 g/mol. The summed E-state index contributed by atoms with van der Waals surface area (Å²) in [6.45, 7) is 0.520. The van der Waals surface area contributed by atoms with Crippen molar-refractivity contribution in [2.45, 2.75) is 6.54 Å². The zero-order chi connectivity index (χ0) is 22.1. The van der Waals surface area contributed by atoms with Gasteiger partial charge in [0.15, 0.2) is 0 Å². The van der Waals surface area contributed by atoms with E-state index in [9.17, 15) is 14.4 Å². The van der Waals surface area contributed by atoms with E-state index in [0.29, 0.717) is 23.4 Å². The van der Waals surface area contributed by atoms with Crippen molar-refractivity contribution in [1.82, 2.24) is 10.6 Å². The van der Waals surface area contributed by atoms with Gasteiger partial charge in [0, 0.05) is 36.1 Å². The van der Waals surface area contributed by atoms with Crippen molar-refractivity contribution in [3.8, 4) is 0 Å². The summed E-state index contributed by atoms with van der Waals surface area (Å²) < 4.78 is 0. The van der Waals surface area contributed by atoms with Gasteiger partial charge >= 0.3 is 0 Å². The molecule has 0 spiro atoms. The van der Waals surface area contributed by atoms with Crippen LogP contribution in [-0.2, 0) is 11.3 Å². The first-order valence-electron chi connectivity index (χ1n) is 9.83. The zero-order valence-corrected chi connectivity index (χ0v) is 17.1. The summed E-state index contributed by atoms with van der Waals surface area (Å²) in [7, 11) is 1.57. The minimum atomic E-state index is -0.225. The van der Waals surface area contributed by atoms with Crippen LogP contribution in [0.4, 0.5) is 11.4 Å². The van der Waals surface area contributed by atoms with Gasteiger partial charge in [-0.25, -0.2) is 0 Å². The molecule has 0 fully saturated rings. The highest BCUT2D eigenvalue weighted by Gasteiger charge is 2.07. The average molecular weight is 416 g/mol. The Morgan fingerprint density at radius 2 is 1.29 bits per heavy atom. The Morgan fingerprint density at radius 3 is 1.90 bits per heavy atom. The molecule has 3 rings (SSSR count). The fourth-order valence-corrected chi connectivity index (χ4v) is 2.86. The number of benzene rings is 3. The van der Waals surface area contributed by atoms with Gasteiger partial charge in [-0.15, -0.1) is 0 Å². The summed E-state index contributed by atoms with van der Waals surface area (Å²) in [4.78, 5) is 36.0. The third-order valence-corrected chi connectivity index (χ3v) is 4.55. The van der Waals surface area contributed by atoms with Crippen LogP contribution in [0.2, 0.25) is 0 Å². The molecule has 158 valence electrons. The minimum absolute atomic E-state index is 0.0681. The van der Waals surface area contributed by atoms with E-state index >= 15 is 0 Å². The van der Waals surface area contributed by atoms with Gasteiger partial charge in [-0.1, -0.05) is 30.3 Å². The average Bonchev–Trinajstić information content (AvgIpc) is 2.82. The van der Waals surface area contributed by atoms with E-state index < -0.39 is 0 Å². The minimum Gasteiger partial charge on any atom is -0.376 e. The van der Waals surface area contributed by atoms with E-state index in [2.05, 4.69) is 21.3 Å². The van der Waals surface area contributed by atoms with Gasteiger partial charge in [0.2, 0.25) is 5.91 Å². The molecule has 3 aromatic carbocycles. The van der Waals surface area contributed by atoms with Gasteiger partial charge in [0.25, 0.3) is 11.8 Å². The van der Waals surface area contributed by atoms with E-state index in [1.165, 1.54) is 0 Å². The Bertz CT molecular complexity index is 1030. The van der Waals surface area contributed by atoms with Crippen LogP contribution in [0.1, 0.15) is 26.3 Å². The lowest BCUT2D eigenvalue weighted by Gasteiger charge is -2.09. The van der Waals surface area contributed by atoms with Gasteiger partial charge in [0.1, 0.15) is 0 Å². The topological polar surface area (TPSA) is 99.3 Å². The first-order chi connectivity index (χ1) is 15.0. The molecule has 0 radical (unpaired) electrons. The van der Waals surface area contributed by atoms with Gasteiger partial charge < -0.3 is 21.3 Å². The lowest BCUT2D eigenvalue weighted by molar-refractivity contribution is -0.114. The lowest BCUT2D eigenvalue weighted by atomic mass is 10.1. The van der Waals surface area contributed by atoms with Crippen molar-refractivity contribution in [3.63, 3.8) is 0 Å². The summed E-state index contributed by atoms with van der Waals surface area (Å²) in [6.07, 6.45) is 0. The van der Waals surface area contributed by atoms with Crippen LogP contribution in [0.3, 0.4) is 0 Å². The van der Waals surface area contributed by atoms with Gasteiger partial charge in [-0.3, -0.25) is 14.4 Å². The molecular weight excluding hydrogens is 392 g/mol. The summed E-state index contributed by atoms with van der Waals surface area (Å²) >= 11 is 0. The quantitative estimate of drug-likeness (QED) is 0.454. The SMILES string of the molecule is CNC(=O)c1ccc(NCC(=O)Nc2ccc(C(=O)NCc3ccccc3)cc2)cc1. The molecular formula is C24H24N4O3. The molecule has 0 aliphatic heterocycles. The van der Waals surface area contributed by atoms with E-state index in [-0.39, 0.29) is 24.3 Å². The third kappa shape index (κ3) is 6.43. The van der Waals surface area contributed by atoms with Crippen LogP contribution >= 0.6 is 0 Å². The highest BCUT2D eigenvalue weighted by atomic mass is 16.2. The number of carbonyl (C=O) groups is 3. The maximum atomic E-state index is 12.3. The van der Waals surface area contributed by atoms with Crippen LogP contribution in [0, 0.1) is 0 Å². The Morgan fingerprint density at radius 1 is 0.710 bits per heavy atom. The molecule has 0 aliphatic rings. The maximum Gasteiger partial charge on any atom is 0.251 e. The van der Waals surface area contributed by atoms with Crippen molar-refractivity contribution in [3.05, 3.63) is 95.6 Å². The summed E-state index contributed by atoms with van der Waals surface area (Å²) in [5, 5.41) is 11.2. The van der Waals surface area contributed by atoms with Crippen LogP contribution in [-0.4, -0.2) is 31.3 Å². The molecule has 7 nitrogen and oxygen atoms in total. The van der Waals surface area contributed by atoms with E-state index in [0.717, 1.165) is 11.3 Å². The van der Waals surface area contributed by atoms with Gasteiger partial charge in [-0.2, -0.15) is 0 Å². The van der Waals surface area contributed by atoms with Crippen LogP contribution < -0.4 is 21.3 Å². The Hall–Kier alpha value is -4.13. The van der Waals surface area contributed by atoms with Gasteiger partial charge in [-0.05, 0) is 54.1 Å². The lowest BCUT2D eigenvalue weighted by Crippen LogP contribution is -2.23. The molecule has 0 bridgehead atoms. The molecule has 3 amide bonds. The number of hydrogen-bond acceptors (Lipinski definition) is 4. The third-order valence-electron chi connectivity index (χ3n) is 4.55. The molecule has 0 heterocycles. The number of amides is 3. The van der Waals surface area contributed by atoms with Gasteiger partial charge in [0.05, 0.1) is 6.54 Å². The van der Waals surface area contributed by atoms with Crippen LogP contribution in [0.5, 0.6) is 0 Å². The summed E-state index contributed by atoms with van der Waals surface area (Å²) in [6, 6.07) is 23.2. The molecule has 0 aliphatic carbocycles. The Labute approximate surface area is 180 Å². The first-order valence-corrected chi connectivity index (χ1v) is 9.83. The smallest absolute Gasteiger partial charge is 0.251 e. The normalized spacial score (nSPS) is 10.1. The number of rotatable bonds is 8. The van der Waals surface area contributed by atoms with Crippen molar-refractivity contribution in [1.29, 1.82) is 0 Å². The molecule has 0 aromatic heterocycles. The van der Waals surface area contributed by atoms with Crippen LogP contribution in [0.25, 0.3) is 0 Å². The maximum absolute atomic E-state index is 12.3. The molecule has 0 saturated heterocycles. The second-order valence-electron chi connectivity index (χ2n) is 6.80. The number of anilines is 2. The molecule has 31 heavy (non-hydrogen) atoms. The largest absolute Gasteiger partial charge is 0.376 e. The highest BCUT2D eigenvalue weighted by Crippen LogP contribution is 2.12. The van der Waals surface area contributed by atoms with E-state index in [1.807, 2.05) is 30.3 Å². The predicted molar refractivity (Wildman–Crippen MR) is 121 cm³/mol. The van der Waals surface area contributed by atoms with Crippen molar-refractivity contribution < 1.29 is 14.4 Å². The second kappa shape index (κ2) is 10.6. The van der Waals surface area contributed by atoms with E-state index in [1.54, 1.807) is 55.6 Å². The van der Waals surface area contributed by atoms with E-state index in [4.69, 9.17) is 0 Å². The van der Waals surface area contributed by atoms with Crippen molar-refractivity contribution >= 4 is 29.1 Å². The molecule has 4 N–H and O–H groups in total. The van der Waals surface area contributed by atoms with Crippen molar-refractivity contribution in [2.75, 3.05) is 24.2 Å². The van der Waals surface area contributed by atoms with Crippen molar-refractivity contribution in [2.24, 2.45) is 0 Å². The first kappa shape index (κ1) is 21.6. The molecule has 7 heteroatoms. The fourth-order valence-electron chi connectivity index (χ4n) is 2.86. The van der Waals surface area contributed by atoms with Crippen LogP contribution in [0.15, 0.2) is 78.9 Å². The molecule has 0 unspecified atom stereocenters. The summed E-state index contributed by atoms with van der Waals surface area (Å²) in [5.41, 5.74) is 3.42. The highest BCUT2D eigenvalue weighted by molar-refractivity contribution is 5.97. The zero-order valence-electron chi connectivity index (χ0n) is 17.1. The number of carbonyl (C=O) groups excluding carboxylic acids is 3. The molecule has 0 saturated carbocycles.